The zero-order valence-electron chi connectivity index (χ0n) is 14.2. The number of nitrogens with zero attached hydrogens (tertiary/aromatic N) is 2. The lowest BCUT2D eigenvalue weighted by Crippen LogP contribution is -2.40. The van der Waals surface area contributed by atoms with Crippen LogP contribution in [0, 0.1) is 0 Å². The van der Waals surface area contributed by atoms with E-state index in [0.717, 1.165) is 36.5 Å². The van der Waals surface area contributed by atoms with Crippen LogP contribution in [0.25, 0.3) is 11.3 Å². The molecule has 128 valence electrons. The molecule has 0 aliphatic carbocycles. The van der Waals surface area contributed by atoms with Crippen molar-refractivity contribution in [1.29, 1.82) is 0 Å². The smallest absolute Gasteiger partial charge is 0.269 e. The van der Waals surface area contributed by atoms with E-state index < -0.39 is 0 Å². The Morgan fingerprint density at radius 2 is 2.21 bits per heavy atom. The summed E-state index contributed by atoms with van der Waals surface area (Å²) in [5.41, 5.74) is 2.18. The van der Waals surface area contributed by atoms with E-state index in [9.17, 15) is 4.79 Å². The normalized spacial score (nSPS) is 17.8. The fourth-order valence-electron chi connectivity index (χ4n) is 3.20. The maximum Gasteiger partial charge on any atom is 0.269 e. The molecule has 1 aliphatic heterocycles. The van der Waals surface area contributed by atoms with Crippen molar-refractivity contribution in [2.45, 2.75) is 25.8 Å². The number of methoxy groups -OCH3 is 1. The van der Waals surface area contributed by atoms with Gasteiger partial charge in [-0.1, -0.05) is 6.92 Å². The van der Waals surface area contributed by atoms with Crippen LogP contribution >= 0.6 is 0 Å². The second-order valence-corrected chi connectivity index (χ2v) is 6.03. The SMILES string of the molecule is CCN1CCC[C@@H]1CNC(=O)c1cc(-c2ccc(OC)cc2)n[nH]1. The molecule has 1 saturated heterocycles. The number of likely N-dealkylation sites (tertiary alicyclic amines) is 1. The highest BCUT2D eigenvalue weighted by molar-refractivity contribution is 5.93. The number of benzene rings is 1. The average molecular weight is 328 g/mol. The van der Waals surface area contributed by atoms with Crippen LogP contribution in [-0.4, -0.2) is 53.8 Å². The molecule has 2 N–H and O–H groups in total. The lowest BCUT2D eigenvalue weighted by molar-refractivity contribution is 0.0936. The van der Waals surface area contributed by atoms with E-state index in [0.29, 0.717) is 18.3 Å². The van der Waals surface area contributed by atoms with Gasteiger partial charge >= 0.3 is 0 Å². The summed E-state index contributed by atoms with van der Waals surface area (Å²) in [5, 5.41) is 10.1. The zero-order chi connectivity index (χ0) is 16.9. The van der Waals surface area contributed by atoms with Gasteiger partial charge in [0, 0.05) is 18.2 Å². The van der Waals surface area contributed by atoms with Gasteiger partial charge in [0.25, 0.3) is 5.91 Å². The van der Waals surface area contributed by atoms with Crippen LogP contribution in [0.1, 0.15) is 30.3 Å². The third kappa shape index (κ3) is 3.59. The summed E-state index contributed by atoms with van der Waals surface area (Å²) in [4.78, 5) is 14.7. The molecule has 1 fully saturated rings. The van der Waals surface area contributed by atoms with E-state index in [1.807, 2.05) is 24.3 Å². The van der Waals surface area contributed by atoms with Crippen LogP contribution in [0.5, 0.6) is 5.75 Å². The number of ether oxygens (including phenoxy) is 1. The monoisotopic (exact) mass is 328 g/mol. The van der Waals surface area contributed by atoms with Crippen LogP contribution in [0.4, 0.5) is 0 Å². The molecule has 1 aliphatic rings. The first-order valence-electron chi connectivity index (χ1n) is 8.43. The second kappa shape index (κ2) is 7.49. The molecule has 0 saturated carbocycles. The Kier molecular flexibility index (Phi) is 5.15. The maximum atomic E-state index is 12.3. The molecule has 2 aromatic rings. The molecule has 6 heteroatoms. The van der Waals surface area contributed by atoms with Crippen LogP contribution in [-0.2, 0) is 0 Å². The molecule has 0 unspecified atom stereocenters. The fraction of sp³-hybridized carbons (Fsp3) is 0.444. The number of nitrogens with one attached hydrogen (secondary N) is 2. The van der Waals surface area contributed by atoms with Gasteiger partial charge in [0.15, 0.2) is 0 Å². The third-order valence-corrected chi connectivity index (χ3v) is 4.61. The fourth-order valence-corrected chi connectivity index (χ4v) is 3.20. The molecule has 1 aromatic carbocycles. The van der Waals surface area contributed by atoms with Gasteiger partial charge in [-0.25, -0.2) is 0 Å². The van der Waals surface area contributed by atoms with E-state index in [1.165, 1.54) is 6.42 Å². The van der Waals surface area contributed by atoms with Gasteiger partial charge in [-0.15, -0.1) is 0 Å². The first-order chi connectivity index (χ1) is 11.7. The van der Waals surface area contributed by atoms with Gasteiger partial charge in [0.05, 0.1) is 12.8 Å². The van der Waals surface area contributed by atoms with Crippen molar-refractivity contribution >= 4 is 5.91 Å². The summed E-state index contributed by atoms with van der Waals surface area (Å²) in [6.07, 6.45) is 2.36. The Bertz CT molecular complexity index is 681. The van der Waals surface area contributed by atoms with Crippen molar-refractivity contribution in [3.05, 3.63) is 36.0 Å². The number of carbonyl (C=O) groups is 1. The van der Waals surface area contributed by atoms with E-state index in [4.69, 9.17) is 4.74 Å². The minimum Gasteiger partial charge on any atom is -0.497 e. The number of carbonyl (C=O) groups excluding carboxylic acids is 1. The van der Waals surface area contributed by atoms with Gasteiger partial charge in [-0.3, -0.25) is 14.8 Å². The second-order valence-electron chi connectivity index (χ2n) is 6.03. The van der Waals surface area contributed by atoms with Gasteiger partial charge in [-0.05, 0) is 56.3 Å². The largest absolute Gasteiger partial charge is 0.497 e. The molecule has 0 radical (unpaired) electrons. The number of H-pyrrole nitrogens is 1. The highest BCUT2D eigenvalue weighted by Crippen LogP contribution is 2.21. The van der Waals surface area contributed by atoms with E-state index in [1.54, 1.807) is 13.2 Å². The molecule has 1 atom stereocenters. The van der Waals surface area contributed by atoms with E-state index >= 15 is 0 Å². The van der Waals surface area contributed by atoms with Crippen LogP contribution in [0.15, 0.2) is 30.3 Å². The van der Waals surface area contributed by atoms with Gasteiger partial charge in [0.1, 0.15) is 11.4 Å². The first-order valence-corrected chi connectivity index (χ1v) is 8.43. The van der Waals surface area contributed by atoms with Crippen molar-refractivity contribution in [3.63, 3.8) is 0 Å². The van der Waals surface area contributed by atoms with E-state index in [2.05, 4.69) is 27.3 Å². The summed E-state index contributed by atoms with van der Waals surface area (Å²) in [6.45, 7) is 5.01. The third-order valence-electron chi connectivity index (χ3n) is 4.61. The van der Waals surface area contributed by atoms with Crippen molar-refractivity contribution in [2.24, 2.45) is 0 Å². The predicted octanol–water partition coefficient (Wildman–Crippen LogP) is 2.30. The van der Waals surface area contributed by atoms with Gasteiger partial charge in [0.2, 0.25) is 0 Å². The molecule has 6 nitrogen and oxygen atoms in total. The molecule has 3 rings (SSSR count). The lowest BCUT2D eigenvalue weighted by Gasteiger charge is -2.22. The van der Waals surface area contributed by atoms with Crippen molar-refractivity contribution in [1.82, 2.24) is 20.4 Å². The highest BCUT2D eigenvalue weighted by atomic mass is 16.5. The lowest BCUT2D eigenvalue weighted by atomic mass is 10.1. The predicted molar refractivity (Wildman–Crippen MR) is 93.2 cm³/mol. The summed E-state index contributed by atoms with van der Waals surface area (Å²) in [5.74, 6) is 0.689. The number of hydrogen-bond donors (Lipinski definition) is 2. The number of rotatable bonds is 6. The number of hydrogen-bond acceptors (Lipinski definition) is 4. The molecular formula is C18H24N4O2. The van der Waals surface area contributed by atoms with Crippen molar-refractivity contribution < 1.29 is 9.53 Å². The minimum atomic E-state index is -0.106. The minimum absolute atomic E-state index is 0.106. The van der Waals surface area contributed by atoms with Gasteiger partial charge in [-0.2, -0.15) is 5.10 Å². The zero-order valence-corrected chi connectivity index (χ0v) is 14.2. The van der Waals surface area contributed by atoms with E-state index in [-0.39, 0.29) is 5.91 Å². The summed E-state index contributed by atoms with van der Waals surface area (Å²) < 4.78 is 5.15. The number of aromatic nitrogens is 2. The standard InChI is InChI=1S/C18H24N4O2/c1-3-22-10-4-5-14(22)12-19-18(23)17-11-16(20-21-17)13-6-8-15(24-2)9-7-13/h6-9,11,14H,3-5,10,12H2,1-2H3,(H,19,23)(H,20,21)/t14-/m1/s1. The van der Waals surface area contributed by atoms with Crippen molar-refractivity contribution in [3.8, 4) is 17.0 Å². The molecular weight excluding hydrogens is 304 g/mol. The molecule has 1 aromatic heterocycles. The average Bonchev–Trinajstić information content (AvgIpc) is 3.29. The first kappa shape index (κ1) is 16.5. The van der Waals surface area contributed by atoms with Crippen LogP contribution in [0.2, 0.25) is 0 Å². The Hall–Kier alpha value is -2.34. The van der Waals surface area contributed by atoms with Crippen LogP contribution < -0.4 is 10.1 Å². The number of amides is 1. The Morgan fingerprint density at radius 1 is 1.42 bits per heavy atom. The molecule has 0 bridgehead atoms. The topological polar surface area (TPSA) is 70.2 Å². The summed E-state index contributed by atoms with van der Waals surface area (Å²) >= 11 is 0. The summed E-state index contributed by atoms with van der Waals surface area (Å²) in [6, 6.07) is 9.83. The highest BCUT2D eigenvalue weighted by Gasteiger charge is 2.23. The Labute approximate surface area is 142 Å². The summed E-state index contributed by atoms with van der Waals surface area (Å²) in [7, 11) is 1.63. The molecule has 0 spiro atoms. The number of likely N-dealkylation sites (N-methyl/N-ethyl adjacent to an activating group) is 1. The quantitative estimate of drug-likeness (QED) is 0.854. The van der Waals surface area contributed by atoms with Crippen molar-refractivity contribution in [2.75, 3.05) is 26.7 Å². The molecule has 24 heavy (non-hydrogen) atoms. The maximum absolute atomic E-state index is 12.3. The van der Waals surface area contributed by atoms with Crippen LogP contribution in [0.3, 0.4) is 0 Å². The van der Waals surface area contributed by atoms with Gasteiger partial charge < -0.3 is 10.1 Å². The molecule has 1 amide bonds. The Balaban J connectivity index is 1.61. The Morgan fingerprint density at radius 3 is 2.92 bits per heavy atom. The number of aromatic amines is 1. The molecule has 2 heterocycles.